The highest BCUT2D eigenvalue weighted by Crippen LogP contribution is 2.47. The number of hydrogen-bond acceptors (Lipinski definition) is 5. The number of benzene rings is 1. The van der Waals surface area contributed by atoms with Crippen LogP contribution in [0.3, 0.4) is 0 Å². The number of nitriles is 1. The lowest BCUT2D eigenvalue weighted by Crippen LogP contribution is -2.38. The Labute approximate surface area is 172 Å². The summed E-state index contributed by atoms with van der Waals surface area (Å²) in [6.07, 6.45) is 3.17. The first-order chi connectivity index (χ1) is 14.4. The molecule has 1 spiro atoms. The van der Waals surface area contributed by atoms with Crippen LogP contribution in [0.15, 0.2) is 12.1 Å². The second-order valence-electron chi connectivity index (χ2n) is 8.14. The molecule has 0 atom stereocenters. The molecule has 1 saturated carbocycles. The van der Waals surface area contributed by atoms with Crippen molar-refractivity contribution in [2.24, 2.45) is 5.41 Å². The van der Waals surface area contributed by atoms with Crippen LogP contribution in [-0.4, -0.2) is 31.8 Å². The zero-order valence-corrected chi connectivity index (χ0v) is 16.8. The average Bonchev–Trinajstić information content (AvgIpc) is 3.11. The van der Waals surface area contributed by atoms with E-state index >= 15 is 0 Å². The number of imidazole rings is 1. The van der Waals surface area contributed by atoms with E-state index in [4.69, 9.17) is 4.74 Å². The normalized spacial score (nSPS) is 16.6. The molecule has 1 N–H and O–H groups in total. The van der Waals surface area contributed by atoms with Crippen LogP contribution in [0.1, 0.15) is 47.9 Å². The summed E-state index contributed by atoms with van der Waals surface area (Å²) in [7, 11) is 0. The molecule has 8 nitrogen and oxygen atoms in total. The van der Waals surface area contributed by atoms with Crippen molar-refractivity contribution in [1.29, 1.82) is 5.26 Å². The van der Waals surface area contributed by atoms with Gasteiger partial charge in [0.15, 0.2) is 11.5 Å². The number of rotatable bonds is 3. The number of amides is 1. The first-order valence-electron chi connectivity index (χ1n) is 10.1. The number of ether oxygens (including phenoxy) is 1. The summed E-state index contributed by atoms with van der Waals surface area (Å²) in [6, 6.07) is 5.51. The summed E-state index contributed by atoms with van der Waals surface area (Å²) in [4.78, 5) is 17.5. The monoisotopic (exact) mass is 408 g/mol. The first-order valence-corrected chi connectivity index (χ1v) is 10.1. The number of nitrogens with zero attached hydrogens (tertiary/aromatic N) is 5. The van der Waals surface area contributed by atoms with E-state index in [9.17, 15) is 14.4 Å². The molecule has 1 fully saturated rings. The molecule has 3 aromatic rings. The molecule has 154 valence electrons. The first kappa shape index (κ1) is 18.6. The van der Waals surface area contributed by atoms with Gasteiger partial charge in [0.2, 0.25) is 5.95 Å². The summed E-state index contributed by atoms with van der Waals surface area (Å²) < 4.78 is 23.9. The van der Waals surface area contributed by atoms with Crippen molar-refractivity contribution >= 4 is 22.9 Å². The third kappa shape index (κ3) is 2.67. The Morgan fingerprint density at radius 2 is 2.23 bits per heavy atom. The molecule has 1 amide bonds. The van der Waals surface area contributed by atoms with E-state index in [1.807, 2.05) is 4.57 Å². The van der Waals surface area contributed by atoms with Crippen molar-refractivity contribution in [2.45, 2.75) is 46.2 Å². The Hall–Kier alpha value is -3.41. The SMILES string of the molecule is CCn1nc(C)c(F)c1C(=O)Nc1nc2cc(C#N)cc3c2n1CC1(CCC1)CO3. The molecule has 3 heterocycles. The summed E-state index contributed by atoms with van der Waals surface area (Å²) in [5.41, 5.74) is 1.79. The largest absolute Gasteiger partial charge is 0.491 e. The van der Waals surface area contributed by atoms with Gasteiger partial charge in [0.1, 0.15) is 11.3 Å². The maximum absolute atomic E-state index is 14.5. The van der Waals surface area contributed by atoms with Gasteiger partial charge in [-0.2, -0.15) is 10.4 Å². The lowest BCUT2D eigenvalue weighted by Gasteiger charge is -2.40. The molecule has 9 heteroatoms. The molecule has 1 aliphatic heterocycles. The van der Waals surface area contributed by atoms with Crippen LogP contribution in [0.25, 0.3) is 11.0 Å². The molecule has 0 radical (unpaired) electrons. The molecule has 0 bridgehead atoms. The predicted octanol–water partition coefficient (Wildman–Crippen LogP) is 3.39. The molecule has 0 saturated heterocycles. The van der Waals surface area contributed by atoms with E-state index in [0.717, 1.165) is 24.8 Å². The maximum atomic E-state index is 14.5. The van der Waals surface area contributed by atoms with Gasteiger partial charge in [0, 0.05) is 24.6 Å². The number of carbonyl (C=O) groups is 1. The van der Waals surface area contributed by atoms with Gasteiger partial charge in [-0.25, -0.2) is 9.37 Å². The number of aryl methyl sites for hydroxylation is 2. The van der Waals surface area contributed by atoms with Crippen molar-refractivity contribution in [1.82, 2.24) is 19.3 Å². The minimum atomic E-state index is -0.632. The van der Waals surface area contributed by atoms with Crippen molar-refractivity contribution in [3.05, 3.63) is 34.9 Å². The summed E-state index contributed by atoms with van der Waals surface area (Å²) in [5, 5.41) is 16.2. The molecule has 0 unspecified atom stereocenters. The van der Waals surface area contributed by atoms with Gasteiger partial charge in [0.05, 0.1) is 29.5 Å². The number of anilines is 1. The quantitative estimate of drug-likeness (QED) is 0.716. The summed E-state index contributed by atoms with van der Waals surface area (Å²) >= 11 is 0. The lowest BCUT2D eigenvalue weighted by molar-refractivity contribution is 0.0478. The summed E-state index contributed by atoms with van der Waals surface area (Å²) in [5.74, 6) is -0.325. The number of aromatic nitrogens is 4. The summed E-state index contributed by atoms with van der Waals surface area (Å²) in [6.45, 7) is 4.91. The minimum Gasteiger partial charge on any atom is -0.491 e. The Morgan fingerprint density at radius 3 is 2.90 bits per heavy atom. The van der Waals surface area contributed by atoms with E-state index < -0.39 is 11.7 Å². The van der Waals surface area contributed by atoms with E-state index in [2.05, 4.69) is 21.5 Å². The van der Waals surface area contributed by atoms with E-state index in [0.29, 0.717) is 42.5 Å². The number of halogens is 1. The van der Waals surface area contributed by atoms with Gasteiger partial charge in [0.25, 0.3) is 5.91 Å². The second-order valence-corrected chi connectivity index (χ2v) is 8.14. The minimum absolute atomic E-state index is 0.0219. The molecule has 5 rings (SSSR count). The standard InChI is InChI=1S/C21H21FN6O2/c1-3-28-18(16(22)12(2)26-28)19(29)25-20-24-14-7-13(9-23)8-15-17(14)27(20)10-21(11-30-15)5-4-6-21/h7-8H,3-6,10-11H2,1-2H3,(H,24,25,29). The fourth-order valence-corrected chi connectivity index (χ4v) is 4.41. The Balaban J connectivity index is 1.61. The van der Waals surface area contributed by atoms with Gasteiger partial charge in [-0.05, 0) is 32.8 Å². The zero-order valence-electron chi connectivity index (χ0n) is 16.8. The van der Waals surface area contributed by atoms with Crippen molar-refractivity contribution in [2.75, 3.05) is 11.9 Å². The fraction of sp³-hybridized carbons (Fsp3) is 0.429. The lowest BCUT2D eigenvalue weighted by atomic mass is 9.69. The van der Waals surface area contributed by atoms with E-state index in [1.165, 1.54) is 11.6 Å². The van der Waals surface area contributed by atoms with Gasteiger partial charge < -0.3 is 9.30 Å². The van der Waals surface area contributed by atoms with Crippen LogP contribution in [0.2, 0.25) is 0 Å². The van der Waals surface area contributed by atoms with Crippen LogP contribution < -0.4 is 10.1 Å². The van der Waals surface area contributed by atoms with E-state index in [1.54, 1.807) is 19.1 Å². The maximum Gasteiger partial charge on any atom is 0.279 e. The highest BCUT2D eigenvalue weighted by atomic mass is 19.1. The smallest absolute Gasteiger partial charge is 0.279 e. The highest BCUT2D eigenvalue weighted by molar-refractivity contribution is 6.03. The second kappa shape index (κ2) is 6.55. The average molecular weight is 408 g/mol. The predicted molar refractivity (Wildman–Crippen MR) is 107 cm³/mol. The zero-order chi connectivity index (χ0) is 21.0. The van der Waals surface area contributed by atoms with Crippen molar-refractivity contribution in [3.8, 4) is 11.8 Å². The number of nitrogens with one attached hydrogen (secondary N) is 1. The fourth-order valence-electron chi connectivity index (χ4n) is 4.41. The Bertz CT molecular complexity index is 1230. The molecule has 1 aromatic carbocycles. The van der Waals surface area contributed by atoms with E-state index in [-0.39, 0.29) is 16.8 Å². The van der Waals surface area contributed by atoms with Crippen molar-refractivity contribution < 1.29 is 13.9 Å². The Kier molecular flexibility index (Phi) is 4.07. The molecule has 2 aliphatic rings. The van der Waals surface area contributed by atoms with Gasteiger partial charge >= 0.3 is 0 Å². The molecule has 1 aliphatic carbocycles. The molecule has 30 heavy (non-hydrogen) atoms. The third-order valence-electron chi connectivity index (χ3n) is 6.17. The Morgan fingerprint density at radius 1 is 1.43 bits per heavy atom. The van der Waals surface area contributed by atoms with Crippen LogP contribution in [0.5, 0.6) is 5.75 Å². The van der Waals surface area contributed by atoms with Gasteiger partial charge in [-0.15, -0.1) is 0 Å². The molecular formula is C21H21FN6O2. The third-order valence-corrected chi connectivity index (χ3v) is 6.17. The highest BCUT2D eigenvalue weighted by Gasteiger charge is 2.41. The van der Waals surface area contributed by atoms with Crippen LogP contribution in [0.4, 0.5) is 10.3 Å². The molecular weight excluding hydrogens is 387 g/mol. The number of hydrogen-bond donors (Lipinski definition) is 1. The van der Waals surface area contributed by atoms with Crippen LogP contribution >= 0.6 is 0 Å². The topological polar surface area (TPSA) is 97.8 Å². The van der Waals surface area contributed by atoms with Crippen LogP contribution in [0, 0.1) is 29.5 Å². The van der Waals surface area contributed by atoms with Gasteiger partial charge in [-0.1, -0.05) is 6.42 Å². The van der Waals surface area contributed by atoms with Crippen LogP contribution in [-0.2, 0) is 13.1 Å². The molecule has 2 aromatic heterocycles. The van der Waals surface area contributed by atoms with Gasteiger partial charge in [-0.3, -0.25) is 14.8 Å². The number of carbonyl (C=O) groups excluding carboxylic acids is 1. The van der Waals surface area contributed by atoms with Crippen molar-refractivity contribution in [3.63, 3.8) is 0 Å².